The number of allylic oxidation sites excluding steroid dienone is 2. The lowest BCUT2D eigenvalue weighted by Gasteiger charge is -2.41. The minimum atomic E-state index is -4.64. The second kappa shape index (κ2) is 13.8. The molecule has 3 heterocycles. The Morgan fingerprint density at radius 1 is 1.19 bits per heavy atom. The number of carbonyl (C=O) groups is 3. The quantitative estimate of drug-likeness (QED) is 0.416. The van der Waals surface area contributed by atoms with E-state index in [4.69, 9.17) is 16.3 Å². The SMILES string of the molecule is CC(C)C[C@@H]1NC(=O)C2(C/C=C/C[C@@H]3COCC[C@@H]3NC1=O)CCN(CC(=O)Nc1ccc(Cl)c(C(F)(F)F)c1)CC2. The monoisotopic (exact) mass is 612 g/mol. The van der Waals surface area contributed by atoms with E-state index in [0.29, 0.717) is 52.0 Å². The third-order valence-electron chi connectivity index (χ3n) is 8.46. The first-order chi connectivity index (χ1) is 19.9. The van der Waals surface area contributed by atoms with Gasteiger partial charge >= 0.3 is 6.18 Å². The van der Waals surface area contributed by atoms with Crippen LogP contribution in [0.4, 0.5) is 18.9 Å². The van der Waals surface area contributed by atoms with Gasteiger partial charge in [-0.1, -0.05) is 37.6 Å². The highest BCUT2D eigenvalue weighted by Crippen LogP contribution is 2.38. The summed E-state index contributed by atoms with van der Waals surface area (Å²) in [7, 11) is 0. The number of benzene rings is 1. The third-order valence-corrected chi connectivity index (χ3v) is 8.79. The number of nitrogens with one attached hydrogen (secondary N) is 3. The summed E-state index contributed by atoms with van der Waals surface area (Å²) >= 11 is 5.68. The number of halogens is 4. The van der Waals surface area contributed by atoms with Crippen molar-refractivity contribution in [1.29, 1.82) is 0 Å². The summed E-state index contributed by atoms with van der Waals surface area (Å²) in [5, 5.41) is 8.33. The number of alkyl halides is 3. The van der Waals surface area contributed by atoms with Crippen LogP contribution in [0.3, 0.4) is 0 Å². The number of nitrogens with zero attached hydrogens (tertiary/aromatic N) is 1. The fourth-order valence-electron chi connectivity index (χ4n) is 5.98. The van der Waals surface area contributed by atoms with Crippen molar-refractivity contribution in [1.82, 2.24) is 15.5 Å². The summed E-state index contributed by atoms with van der Waals surface area (Å²) in [6.07, 6.45) is 2.94. The molecule has 3 N–H and O–H groups in total. The summed E-state index contributed by atoms with van der Waals surface area (Å²) in [6.45, 7) is 6.07. The number of anilines is 1. The third kappa shape index (κ3) is 8.26. The lowest BCUT2D eigenvalue weighted by Crippen LogP contribution is -2.57. The maximum Gasteiger partial charge on any atom is 0.417 e. The first-order valence-electron chi connectivity index (χ1n) is 14.6. The van der Waals surface area contributed by atoms with Gasteiger partial charge in [0.05, 0.1) is 29.2 Å². The predicted molar refractivity (Wildman–Crippen MR) is 154 cm³/mol. The van der Waals surface area contributed by atoms with Crippen molar-refractivity contribution in [2.45, 2.75) is 70.6 Å². The minimum Gasteiger partial charge on any atom is -0.381 e. The Hall–Kier alpha value is -2.63. The van der Waals surface area contributed by atoms with E-state index in [-0.39, 0.29) is 41.9 Å². The van der Waals surface area contributed by atoms with Gasteiger partial charge in [-0.2, -0.15) is 13.2 Å². The van der Waals surface area contributed by atoms with Gasteiger partial charge in [-0.15, -0.1) is 0 Å². The molecule has 3 aliphatic heterocycles. The van der Waals surface area contributed by atoms with E-state index in [9.17, 15) is 27.6 Å². The van der Waals surface area contributed by atoms with E-state index in [2.05, 4.69) is 22.0 Å². The summed E-state index contributed by atoms with van der Waals surface area (Å²) in [5.74, 6) is -0.426. The van der Waals surface area contributed by atoms with Crippen LogP contribution in [-0.4, -0.2) is 67.6 Å². The first-order valence-corrected chi connectivity index (χ1v) is 15.0. The van der Waals surface area contributed by atoms with Gasteiger partial charge in [-0.25, -0.2) is 0 Å². The number of piperidine rings is 1. The highest BCUT2D eigenvalue weighted by atomic mass is 35.5. The molecular formula is C30H40ClF3N4O4. The van der Waals surface area contributed by atoms with Crippen molar-refractivity contribution in [2.24, 2.45) is 17.3 Å². The molecule has 2 fully saturated rings. The molecule has 0 bridgehead atoms. The molecule has 1 aromatic carbocycles. The van der Waals surface area contributed by atoms with Crippen LogP contribution >= 0.6 is 11.6 Å². The molecular weight excluding hydrogens is 573 g/mol. The molecule has 0 aromatic heterocycles. The van der Waals surface area contributed by atoms with Crippen LogP contribution in [0.2, 0.25) is 5.02 Å². The molecule has 2 saturated heterocycles. The average Bonchev–Trinajstić information content (AvgIpc) is 2.92. The number of hydrogen-bond donors (Lipinski definition) is 3. The summed E-state index contributed by atoms with van der Waals surface area (Å²) in [4.78, 5) is 41.7. The molecule has 232 valence electrons. The van der Waals surface area contributed by atoms with Gasteiger partial charge in [0.25, 0.3) is 0 Å². The van der Waals surface area contributed by atoms with Gasteiger partial charge in [0, 0.05) is 24.3 Å². The molecule has 3 aliphatic rings. The van der Waals surface area contributed by atoms with Crippen LogP contribution in [0.1, 0.15) is 57.9 Å². The highest BCUT2D eigenvalue weighted by molar-refractivity contribution is 6.31. The second-order valence-corrected chi connectivity index (χ2v) is 12.5. The molecule has 1 aromatic rings. The van der Waals surface area contributed by atoms with Gasteiger partial charge in [0.15, 0.2) is 0 Å². The van der Waals surface area contributed by atoms with Gasteiger partial charge in [0.2, 0.25) is 17.7 Å². The Balaban J connectivity index is 1.43. The Kier molecular flexibility index (Phi) is 10.6. The van der Waals surface area contributed by atoms with Gasteiger partial charge in [-0.05, 0) is 75.7 Å². The van der Waals surface area contributed by atoms with Crippen molar-refractivity contribution >= 4 is 35.0 Å². The Morgan fingerprint density at radius 3 is 2.62 bits per heavy atom. The highest BCUT2D eigenvalue weighted by Gasteiger charge is 2.43. The molecule has 12 heteroatoms. The Labute approximate surface area is 249 Å². The van der Waals surface area contributed by atoms with Crippen LogP contribution < -0.4 is 16.0 Å². The van der Waals surface area contributed by atoms with Gasteiger partial charge in [-0.3, -0.25) is 19.3 Å². The van der Waals surface area contributed by atoms with Crippen molar-refractivity contribution in [2.75, 3.05) is 38.2 Å². The molecule has 42 heavy (non-hydrogen) atoms. The average molecular weight is 613 g/mol. The molecule has 0 unspecified atom stereocenters. The minimum absolute atomic E-state index is 0.00170. The molecule has 0 radical (unpaired) electrons. The standard InChI is InChI=1S/C30H40ClF3N4O4/c1-19(2)15-25-27(40)36-24-8-14-42-18-20(24)5-3-4-9-29(28(41)37-25)10-12-38(13-11-29)17-26(39)35-21-6-7-23(31)22(16-21)30(32,33)34/h3-4,6-7,16,19-20,24-25H,5,8-15,17-18H2,1-2H3,(H,35,39)(H,36,40)(H,37,41)/b4-3+/t20-,24+,25+/m1/s1. The summed E-state index contributed by atoms with van der Waals surface area (Å²) in [5.41, 5.74) is -1.74. The van der Waals surface area contributed by atoms with Crippen LogP contribution in [0.25, 0.3) is 0 Å². The van der Waals surface area contributed by atoms with Crippen LogP contribution in [0.15, 0.2) is 30.4 Å². The molecule has 1 spiro atoms. The van der Waals surface area contributed by atoms with E-state index in [1.807, 2.05) is 24.8 Å². The lowest BCUT2D eigenvalue weighted by atomic mass is 9.74. The zero-order valence-electron chi connectivity index (χ0n) is 24.1. The molecule has 4 rings (SSSR count). The summed E-state index contributed by atoms with van der Waals surface area (Å²) in [6, 6.07) is 2.60. The summed E-state index contributed by atoms with van der Waals surface area (Å²) < 4.78 is 45.3. The van der Waals surface area contributed by atoms with Gasteiger partial charge < -0.3 is 20.7 Å². The van der Waals surface area contributed by atoms with Gasteiger partial charge in [0.1, 0.15) is 6.04 Å². The topological polar surface area (TPSA) is 99.8 Å². The van der Waals surface area contributed by atoms with Crippen molar-refractivity contribution in [3.63, 3.8) is 0 Å². The maximum atomic E-state index is 13.8. The number of ether oxygens (including phenoxy) is 1. The molecule has 3 atom stereocenters. The maximum absolute atomic E-state index is 13.8. The molecule has 8 nitrogen and oxygen atoms in total. The Morgan fingerprint density at radius 2 is 1.93 bits per heavy atom. The zero-order valence-corrected chi connectivity index (χ0v) is 24.8. The number of likely N-dealkylation sites (tertiary alicyclic amines) is 1. The lowest BCUT2D eigenvalue weighted by molar-refractivity contribution is -0.138. The zero-order chi connectivity index (χ0) is 30.5. The van der Waals surface area contributed by atoms with Crippen LogP contribution in [0.5, 0.6) is 0 Å². The Bertz CT molecular complexity index is 1170. The van der Waals surface area contributed by atoms with E-state index in [1.54, 1.807) is 0 Å². The molecule has 0 saturated carbocycles. The van der Waals surface area contributed by atoms with Crippen molar-refractivity contribution < 1.29 is 32.3 Å². The molecule has 0 aliphatic carbocycles. The van der Waals surface area contributed by atoms with E-state index in [0.717, 1.165) is 25.0 Å². The smallest absolute Gasteiger partial charge is 0.381 e. The second-order valence-electron chi connectivity index (χ2n) is 12.1. The number of hydrogen-bond acceptors (Lipinski definition) is 5. The van der Waals surface area contributed by atoms with Crippen LogP contribution in [-0.2, 0) is 25.3 Å². The number of carbonyl (C=O) groups excluding carboxylic acids is 3. The fraction of sp³-hybridized carbons (Fsp3) is 0.633. The largest absolute Gasteiger partial charge is 0.417 e. The fourth-order valence-corrected chi connectivity index (χ4v) is 6.21. The number of fused-ring (bicyclic) bond motifs is 1. The van der Waals surface area contributed by atoms with Crippen LogP contribution in [0, 0.1) is 17.3 Å². The number of rotatable bonds is 5. The normalized spacial score (nSPS) is 26.4. The predicted octanol–water partition coefficient (Wildman–Crippen LogP) is 4.78. The van der Waals surface area contributed by atoms with Crippen molar-refractivity contribution in [3.8, 4) is 0 Å². The van der Waals surface area contributed by atoms with E-state index in [1.165, 1.54) is 6.07 Å². The van der Waals surface area contributed by atoms with E-state index < -0.39 is 34.1 Å². The van der Waals surface area contributed by atoms with Crippen molar-refractivity contribution in [3.05, 3.63) is 40.9 Å². The number of amides is 3. The van der Waals surface area contributed by atoms with E-state index >= 15 is 0 Å². The first kappa shape index (κ1) is 32.3. The molecule has 3 amide bonds.